The minimum absolute atomic E-state index is 0.183. The summed E-state index contributed by atoms with van der Waals surface area (Å²) in [5, 5.41) is 2.83. The van der Waals surface area contributed by atoms with E-state index >= 15 is 0 Å². The second-order valence-corrected chi connectivity index (χ2v) is 4.01. The smallest absolute Gasteiger partial charge is 0.222 e. The Morgan fingerprint density at radius 3 is 2.61 bits per heavy atom. The molecule has 3 aromatic rings. The monoisotopic (exact) mass is 240 g/mol. The molecule has 5 nitrogen and oxygen atoms in total. The van der Waals surface area contributed by atoms with Crippen molar-refractivity contribution in [2.24, 2.45) is 0 Å². The van der Waals surface area contributed by atoms with Gasteiger partial charge in [0, 0.05) is 0 Å². The van der Waals surface area contributed by atoms with E-state index in [1.807, 2.05) is 30.3 Å². The largest absolute Gasteiger partial charge is 0.497 e. The molecule has 0 atom stereocenters. The van der Waals surface area contributed by atoms with E-state index in [-0.39, 0.29) is 5.95 Å². The number of methoxy groups -OCH3 is 1. The molecule has 0 aliphatic carbocycles. The zero-order valence-electron chi connectivity index (χ0n) is 9.84. The number of benzene rings is 2. The number of hydrogen-bond acceptors (Lipinski definition) is 5. The summed E-state index contributed by atoms with van der Waals surface area (Å²) in [6.07, 6.45) is 0. The molecule has 3 rings (SSSR count). The number of anilines is 2. The summed E-state index contributed by atoms with van der Waals surface area (Å²) in [7, 11) is 1.63. The van der Waals surface area contributed by atoms with Gasteiger partial charge in [0.15, 0.2) is 0 Å². The minimum atomic E-state index is 0.183. The topological polar surface area (TPSA) is 87.0 Å². The molecule has 0 fully saturated rings. The predicted octanol–water partition coefficient (Wildman–Crippen LogP) is 1.96. The van der Waals surface area contributed by atoms with E-state index < -0.39 is 0 Å². The second-order valence-electron chi connectivity index (χ2n) is 4.01. The number of nitrogens with two attached hydrogens (primary N) is 2. The van der Waals surface area contributed by atoms with Gasteiger partial charge < -0.3 is 16.2 Å². The molecule has 0 spiro atoms. The highest BCUT2D eigenvalue weighted by Gasteiger charge is 2.08. The SMILES string of the molecule is COc1ccc2ccc3nc(N)nc(N)c3c2c1. The van der Waals surface area contributed by atoms with E-state index in [1.165, 1.54) is 0 Å². The summed E-state index contributed by atoms with van der Waals surface area (Å²) >= 11 is 0. The third kappa shape index (κ3) is 1.48. The third-order valence-corrected chi connectivity index (χ3v) is 2.93. The number of hydrogen-bond donors (Lipinski definition) is 2. The third-order valence-electron chi connectivity index (χ3n) is 2.93. The van der Waals surface area contributed by atoms with Gasteiger partial charge in [-0.15, -0.1) is 0 Å². The van der Waals surface area contributed by atoms with Crippen molar-refractivity contribution in [2.45, 2.75) is 0 Å². The fraction of sp³-hybridized carbons (Fsp3) is 0.0769. The fourth-order valence-electron chi connectivity index (χ4n) is 2.10. The van der Waals surface area contributed by atoms with Crippen LogP contribution in [-0.4, -0.2) is 17.1 Å². The molecular weight excluding hydrogens is 228 g/mol. The summed E-state index contributed by atoms with van der Waals surface area (Å²) < 4.78 is 5.23. The Morgan fingerprint density at radius 1 is 1.06 bits per heavy atom. The van der Waals surface area contributed by atoms with Gasteiger partial charge >= 0.3 is 0 Å². The van der Waals surface area contributed by atoms with Crippen molar-refractivity contribution in [3.8, 4) is 5.75 Å². The van der Waals surface area contributed by atoms with Crippen LogP contribution in [0.2, 0.25) is 0 Å². The molecule has 0 unspecified atom stereocenters. The first kappa shape index (κ1) is 10.6. The van der Waals surface area contributed by atoms with Crippen LogP contribution in [0.5, 0.6) is 5.75 Å². The summed E-state index contributed by atoms with van der Waals surface area (Å²) in [6.45, 7) is 0. The van der Waals surface area contributed by atoms with Crippen LogP contribution in [0.3, 0.4) is 0 Å². The van der Waals surface area contributed by atoms with Crippen LogP contribution in [0.1, 0.15) is 0 Å². The summed E-state index contributed by atoms with van der Waals surface area (Å²) in [5.41, 5.74) is 12.3. The van der Waals surface area contributed by atoms with Crippen molar-refractivity contribution in [3.63, 3.8) is 0 Å². The molecule has 1 heterocycles. The van der Waals surface area contributed by atoms with Gasteiger partial charge in [-0.3, -0.25) is 0 Å². The van der Waals surface area contributed by atoms with E-state index in [9.17, 15) is 0 Å². The van der Waals surface area contributed by atoms with Gasteiger partial charge in [0.05, 0.1) is 18.0 Å². The summed E-state index contributed by atoms with van der Waals surface area (Å²) in [5.74, 6) is 1.34. The number of fused-ring (bicyclic) bond motifs is 3. The summed E-state index contributed by atoms with van der Waals surface area (Å²) in [6, 6.07) is 9.67. The lowest BCUT2D eigenvalue weighted by atomic mass is 10.1. The summed E-state index contributed by atoms with van der Waals surface area (Å²) in [4.78, 5) is 8.20. The highest BCUT2D eigenvalue weighted by molar-refractivity contribution is 6.11. The van der Waals surface area contributed by atoms with Gasteiger partial charge in [-0.2, -0.15) is 4.98 Å². The Hall–Kier alpha value is -2.56. The molecule has 0 aliphatic rings. The molecule has 0 amide bonds. The fourth-order valence-corrected chi connectivity index (χ4v) is 2.10. The van der Waals surface area contributed by atoms with E-state index in [0.29, 0.717) is 5.82 Å². The molecule has 0 bridgehead atoms. The lowest BCUT2D eigenvalue weighted by molar-refractivity contribution is 0.415. The predicted molar refractivity (Wildman–Crippen MR) is 72.4 cm³/mol. The maximum atomic E-state index is 5.94. The zero-order valence-corrected chi connectivity index (χ0v) is 9.84. The van der Waals surface area contributed by atoms with Crippen LogP contribution in [0, 0.1) is 0 Å². The highest BCUT2D eigenvalue weighted by atomic mass is 16.5. The number of nitrogen functional groups attached to an aromatic ring is 2. The quantitative estimate of drug-likeness (QED) is 0.635. The van der Waals surface area contributed by atoms with Crippen molar-refractivity contribution >= 4 is 33.4 Å². The Bertz CT molecular complexity index is 755. The average molecular weight is 240 g/mol. The number of nitrogens with zero attached hydrogens (tertiary/aromatic N) is 2. The molecule has 18 heavy (non-hydrogen) atoms. The van der Waals surface area contributed by atoms with Crippen molar-refractivity contribution < 1.29 is 4.74 Å². The van der Waals surface area contributed by atoms with Crippen molar-refractivity contribution in [3.05, 3.63) is 30.3 Å². The molecule has 0 saturated carbocycles. The second kappa shape index (κ2) is 3.73. The van der Waals surface area contributed by atoms with Crippen LogP contribution in [0.15, 0.2) is 30.3 Å². The van der Waals surface area contributed by atoms with Gasteiger partial charge in [0.25, 0.3) is 0 Å². The Labute approximate surface area is 103 Å². The van der Waals surface area contributed by atoms with Crippen LogP contribution in [-0.2, 0) is 0 Å². The van der Waals surface area contributed by atoms with E-state index in [4.69, 9.17) is 16.2 Å². The molecule has 0 radical (unpaired) electrons. The Kier molecular flexibility index (Phi) is 2.19. The van der Waals surface area contributed by atoms with Crippen molar-refractivity contribution in [1.29, 1.82) is 0 Å². The minimum Gasteiger partial charge on any atom is -0.497 e. The Balaban J connectivity index is 2.50. The standard InChI is InChI=1S/C13H12N4O/c1-18-8-4-2-7-3-5-10-11(9(7)6-8)12(14)17-13(15)16-10/h2-6H,1H3,(H4,14,15,16,17). The molecule has 90 valence electrons. The van der Waals surface area contributed by atoms with Gasteiger partial charge in [-0.05, 0) is 29.0 Å². The van der Waals surface area contributed by atoms with Crippen LogP contribution >= 0.6 is 0 Å². The average Bonchev–Trinajstić information content (AvgIpc) is 2.36. The van der Waals surface area contributed by atoms with Crippen molar-refractivity contribution in [2.75, 3.05) is 18.6 Å². The molecule has 0 aliphatic heterocycles. The van der Waals surface area contributed by atoms with Crippen LogP contribution in [0.25, 0.3) is 21.7 Å². The first-order chi connectivity index (χ1) is 8.69. The van der Waals surface area contributed by atoms with Crippen LogP contribution < -0.4 is 16.2 Å². The number of aromatic nitrogens is 2. The molecular formula is C13H12N4O. The maximum Gasteiger partial charge on any atom is 0.222 e. The molecule has 1 aromatic heterocycles. The van der Waals surface area contributed by atoms with Crippen molar-refractivity contribution in [1.82, 2.24) is 9.97 Å². The highest BCUT2D eigenvalue weighted by Crippen LogP contribution is 2.30. The Morgan fingerprint density at radius 2 is 1.83 bits per heavy atom. The lowest BCUT2D eigenvalue weighted by Gasteiger charge is -2.08. The first-order valence-electron chi connectivity index (χ1n) is 5.48. The van der Waals surface area contributed by atoms with Gasteiger partial charge in [0.1, 0.15) is 11.6 Å². The van der Waals surface area contributed by atoms with Gasteiger partial charge in [-0.25, -0.2) is 4.98 Å². The van der Waals surface area contributed by atoms with Gasteiger partial charge in [0.2, 0.25) is 5.95 Å². The zero-order chi connectivity index (χ0) is 12.7. The molecule has 0 saturated heterocycles. The molecule has 5 heteroatoms. The molecule has 2 aromatic carbocycles. The number of rotatable bonds is 1. The molecule has 4 N–H and O–H groups in total. The lowest BCUT2D eigenvalue weighted by Crippen LogP contribution is -2.00. The van der Waals surface area contributed by atoms with E-state index in [1.54, 1.807) is 7.11 Å². The van der Waals surface area contributed by atoms with Crippen LogP contribution in [0.4, 0.5) is 11.8 Å². The maximum absolute atomic E-state index is 5.94. The number of ether oxygens (including phenoxy) is 1. The van der Waals surface area contributed by atoms with E-state index in [2.05, 4.69) is 9.97 Å². The van der Waals surface area contributed by atoms with Gasteiger partial charge in [-0.1, -0.05) is 12.1 Å². The first-order valence-corrected chi connectivity index (χ1v) is 5.48. The van der Waals surface area contributed by atoms with E-state index in [0.717, 1.165) is 27.4 Å². The normalized spacial score (nSPS) is 10.9.